The highest BCUT2D eigenvalue weighted by molar-refractivity contribution is 7.89. The molecule has 0 amide bonds. The third kappa shape index (κ3) is 3.22. The Morgan fingerprint density at radius 2 is 1.95 bits per heavy atom. The molecule has 1 aliphatic rings. The first-order chi connectivity index (χ1) is 9.50. The summed E-state index contributed by atoms with van der Waals surface area (Å²) in [5.74, 6) is 0. The van der Waals surface area contributed by atoms with Gasteiger partial charge in [0.05, 0.1) is 4.90 Å². The van der Waals surface area contributed by atoms with Crippen LogP contribution in [0.15, 0.2) is 23.1 Å². The van der Waals surface area contributed by atoms with Gasteiger partial charge in [-0.2, -0.15) is 4.31 Å². The minimum Gasteiger partial charge on any atom is -0.313 e. The fourth-order valence-electron chi connectivity index (χ4n) is 2.33. The van der Waals surface area contributed by atoms with Gasteiger partial charge in [0.2, 0.25) is 10.0 Å². The molecule has 0 radical (unpaired) electrons. The van der Waals surface area contributed by atoms with E-state index in [0.717, 1.165) is 37.9 Å². The van der Waals surface area contributed by atoms with Crippen molar-refractivity contribution in [3.05, 3.63) is 29.3 Å². The molecule has 0 spiro atoms. The van der Waals surface area contributed by atoms with Crippen LogP contribution in [0.1, 0.15) is 37.8 Å². The van der Waals surface area contributed by atoms with Gasteiger partial charge in [-0.15, -0.1) is 0 Å². The zero-order valence-corrected chi connectivity index (χ0v) is 13.3. The maximum absolute atomic E-state index is 12.5. The van der Waals surface area contributed by atoms with Gasteiger partial charge >= 0.3 is 0 Å². The van der Waals surface area contributed by atoms with Crippen LogP contribution in [0, 0.1) is 0 Å². The molecule has 1 aromatic rings. The van der Waals surface area contributed by atoms with Crippen molar-refractivity contribution in [2.75, 3.05) is 13.6 Å². The molecule has 112 valence electrons. The Morgan fingerprint density at radius 1 is 1.25 bits per heavy atom. The summed E-state index contributed by atoms with van der Waals surface area (Å²) in [6.45, 7) is 5.74. The lowest BCUT2D eigenvalue weighted by Crippen LogP contribution is -2.29. The Hall–Kier alpha value is -0.910. The van der Waals surface area contributed by atoms with Crippen molar-refractivity contribution in [3.8, 4) is 0 Å². The Balaban J connectivity index is 2.31. The number of benzene rings is 1. The highest BCUT2D eigenvalue weighted by Gasteiger charge is 2.35. The number of hydrogen-bond donors (Lipinski definition) is 1. The van der Waals surface area contributed by atoms with Crippen LogP contribution in [-0.2, 0) is 23.0 Å². The largest absolute Gasteiger partial charge is 0.313 e. The highest BCUT2D eigenvalue weighted by atomic mass is 32.2. The van der Waals surface area contributed by atoms with Gasteiger partial charge in [-0.25, -0.2) is 8.42 Å². The first-order valence-electron chi connectivity index (χ1n) is 7.31. The first kappa shape index (κ1) is 15.5. The number of nitrogens with zero attached hydrogens (tertiary/aromatic N) is 1. The lowest BCUT2D eigenvalue weighted by atomic mass is 10.1. The zero-order valence-electron chi connectivity index (χ0n) is 12.5. The third-order valence-corrected chi connectivity index (χ3v) is 5.77. The molecule has 0 saturated heterocycles. The van der Waals surface area contributed by atoms with Crippen LogP contribution in [0.5, 0.6) is 0 Å². The summed E-state index contributed by atoms with van der Waals surface area (Å²) < 4.78 is 26.6. The summed E-state index contributed by atoms with van der Waals surface area (Å²) in [7, 11) is -1.66. The Kier molecular flexibility index (Phi) is 4.83. The second kappa shape index (κ2) is 6.24. The van der Waals surface area contributed by atoms with Crippen LogP contribution in [0.4, 0.5) is 0 Å². The number of hydrogen-bond acceptors (Lipinski definition) is 3. The summed E-state index contributed by atoms with van der Waals surface area (Å²) in [6, 6.07) is 5.71. The molecular formula is C15H24N2O2S. The molecule has 1 saturated carbocycles. The predicted octanol–water partition coefficient (Wildman–Crippen LogP) is 2.14. The second-order valence-electron chi connectivity index (χ2n) is 5.32. The van der Waals surface area contributed by atoms with Crippen molar-refractivity contribution >= 4 is 10.0 Å². The number of rotatable bonds is 7. The molecule has 4 nitrogen and oxygen atoms in total. The van der Waals surface area contributed by atoms with E-state index in [1.807, 2.05) is 19.1 Å². The molecule has 0 aromatic heterocycles. The van der Waals surface area contributed by atoms with Crippen LogP contribution >= 0.6 is 0 Å². The molecule has 0 heterocycles. The molecule has 1 aromatic carbocycles. The fourth-order valence-corrected chi connectivity index (χ4v) is 3.80. The fraction of sp³-hybridized carbons (Fsp3) is 0.600. The van der Waals surface area contributed by atoms with Crippen LogP contribution in [0.25, 0.3) is 0 Å². The van der Waals surface area contributed by atoms with Gasteiger partial charge in [0.1, 0.15) is 0 Å². The van der Waals surface area contributed by atoms with Crippen molar-refractivity contribution in [1.82, 2.24) is 9.62 Å². The zero-order chi connectivity index (χ0) is 14.8. The molecule has 0 aliphatic heterocycles. The van der Waals surface area contributed by atoms with E-state index in [1.54, 1.807) is 13.1 Å². The molecule has 0 unspecified atom stereocenters. The number of sulfonamides is 1. The molecule has 1 aliphatic carbocycles. The summed E-state index contributed by atoms with van der Waals surface area (Å²) in [5, 5.41) is 3.27. The van der Waals surface area contributed by atoms with Gasteiger partial charge in [-0.1, -0.05) is 19.9 Å². The molecule has 2 rings (SSSR count). The van der Waals surface area contributed by atoms with Crippen LogP contribution in [0.3, 0.4) is 0 Å². The van der Waals surface area contributed by atoms with Gasteiger partial charge in [-0.05, 0) is 49.1 Å². The topological polar surface area (TPSA) is 49.4 Å². The molecule has 20 heavy (non-hydrogen) atoms. The molecule has 5 heteroatoms. The van der Waals surface area contributed by atoms with Crippen LogP contribution < -0.4 is 5.32 Å². The maximum atomic E-state index is 12.5. The van der Waals surface area contributed by atoms with Gasteiger partial charge < -0.3 is 5.32 Å². The molecule has 0 bridgehead atoms. The Bertz CT molecular complexity index is 565. The smallest absolute Gasteiger partial charge is 0.243 e. The number of nitrogens with one attached hydrogen (secondary N) is 1. The van der Waals surface area contributed by atoms with E-state index in [0.29, 0.717) is 4.90 Å². The normalized spacial score (nSPS) is 15.8. The molecule has 1 fully saturated rings. The quantitative estimate of drug-likeness (QED) is 0.838. The average molecular weight is 296 g/mol. The van der Waals surface area contributed by atoms with Crippen molar-refractivity contribution in [2.24, 2.45) is 0 Å². The average Bonchev–Trinajstić information content (AvgIpc) is 3.28. The molecular weight excluding hydrogens is 272 g/mol. The van der Waals surface area contributed by atoms with Crippen molar-refractivity contribution < 1.29 is 8.42 Å². The standard InChI is InChI=1S/C15H24N2O2S/c1-4-12-6-9-15(10-13(12)11-16-5-2)20(18,19)17(3)14-7-8-14/h6,9-10,14,16H,4-5,7-8,11H2,1-3H3. The van der Waals surface area contributed by atoms with Crippen molar-refractivity contribution in [2.45, 2.75) is 50.6 Å². The lowest BCUT2D eigenvalue weighted by molar-refractivity contribution is 0.464. The SMILES string of the molecule is CCNCc1cc(S(=O)(=O)N(C)C2CC2)ccc1CC. The summed E-state index contributed by atoms with van der Waals surface area (Å²) in [5.41, 5.74) is 2.29. The summed E-state index contributed by atoms with van der Waals surface area (Å²) in [6.07, 6.45) is 2.87. The van der Waals surface area contributed by atoms with Crippen molar-refractivity contribution in [1.29, 1.82) is 0 Å². The third-order valence-electron chi connectivity index (χ3n) is 3.86. The summed E-state index contributed by atoms with van der Waals surface area (Å²) in [4.78, 5) is 0.414. The van der Waals surface area contributed by atoms with Gasteiger partial charge in [0.15, 0.2) is 0 Å². The van der Waals surface area contributed by atoms with Crippen LogP contribution in [0.2, 0.25) is 0 Å². The van der Waals surface area contributed by atoms with E-state index >= 15 is 0 Å². The highest BCUT2D eigenvalue weighted by Crippen LogP contribution is 2.31. The lowest BCUT2D eigenvalue weighted by Gasteiger charge is -2.18. The molecule has 1 N–H and O–H groups in total. The van der Waals surface area contributed by atoms with Gasteiger partial charge in [0.25, 0.3) is 0 Å². The van der Waals surface area contributed by atoms with E-state index in [2.05, 4.69) is 12.2 Å². The van der Waals surface area contributed by atoms with Gasteiger partial charge in [0, 0.05) is 19.6 Å². The minimum absolute atomic E-state index is 0.197. The number of aryl methyl sites for hydroxylation is 1. The van der Waals surface area contributed by atoms with E-state index in [4.69, 9.17) is 0 Å². The summed E-state index contributed by atoms with van der Waals surface area (Å²) >= 11 is 0. The van der Waals surface area contributed by atoms with E-state index < -0.39 is 10.0 Å². The monoisotopic (exact) mass is 296 g/mol. The van der Waals surface area contributed by atoms with Crippen LogP contribution in [-0.4, -0.2) is 32.4 Å². The predicted molar refractivity (Wildman–Crippen MR) is 81.2 cm³/mol. The Morgan fingerprint density at radius 3 is 2.50 bits per heavy atom. The first-order valence-corrected chi connectivity index (χ1v) is 8.75. The van der Waals surface area contributed by atoms with Crippen molar-refractivity contribution in [3.63, 3.8) is 0 Å². The Labute approximate surface area is 122 Å². The minimum atomic E-state index is -3.34. The van der Waals surface area contributed by atoms with Gasteiger partial charge in [-0.3, -0.25) is 0 Å². The second-order valence-corrected chi connectivity index (χ2v) is 7.31. The molecule has 0 atom stereocenters. The van der Waals surface area contributed by atoms with E-state index in [1.165, 1.54) is 9.87 Å². The van der Waals surface area contributed by atoms with E-state index in [-0.39, 0.29) is 6.04 Å². The maximum Gasteiger partial charge on any atom is 0.243 e. The van der Waals surface area contributed by atoms with E-state index in [9.17, 15) is 8.42 Å².